The average Bonchev–Trinajstić information content (AvgIpc) is 2.99. The van der Waals surface area contributed by atoms with Crippen molar-refractivity contribution in [2.45, 2.75) is 13.8 Å². The number of aromatic nitrogens is 3. The molecule has 0 aromatic heterocycles. The number of rotatable bonds is 5. The highest BCUT2D eigenvalue weighted by Crippen LogP contribution is 2.19. The summed E-state index contributed by atoms with van der Waals surface area (Å²) in [6.45, 7) is 4.36. The number of ether oxygens (including phenoxy) is 2. The van der Waals surface area contributed by atoms with Gasteiger partial charge in [0.1, 0.15) is 11.4 Å². The first-order chi connectivity index (χ1) is 14.0. The quantitative estimate of drug-likeness (QED) is 0.526. The molecule has 2 aromatic carbocycles. The summed E-state index contributed by atoms with van der Waals surface area (Å²) in [6, 6.07) is 11.5. The van der Waals surface area contributed by atoms with Crippen molar-refractivity contribution in [3.05, 3.63) is 75.1 Å². The average molecular weight is 393 g/mol. The summed E-state index contributed by atoms with van der Waals surface area (Å²) in [6.07, 6.45) is 1.49. The van der Waals surface area contributed by atoms with Crippen molar-refractivity contribution in [1.82, 2.24) is 14.1 Å². The van der Waals surface area contributed by atoms with E-state index in [9.17, 15) is 14.4 Å². The van der Waals surface area contributed by atoms with Gasteiger partial charge in [-0.25, -0.2) is 14.2 Å². The van der Waals surface area contributed by atoms with Crippen LogP contribution in [0.25, 0.3) is 22.4 Å². The molecule has 0 aliphatic carbocycles. The second-order valence-electron chi connectivity index (χ2n) is 6.31. The van der Waals surface area contributed by atoms with E-state index in [2.05, 4.69) is 4.98 Å². The highest BCUT2D eigenvalue weighted by molar-refractivity contribution is 5.94. The molecule has 0 saturated carbocycles. The molecule has 0 radical (unpaired) electrons. The number of carbonyl (C=O) groups excluding carboxylic acids is 1. The zero-order chi connectivity index (χ0) is 20.5. The van der Waals surface area contributed by atoms with Crippen LogP contribution in [-0.4, -0.2) is 33.3 Å². The van der Waals surface area contributed by atoms with E-state index in [1.807, 2.05) is 6.92 Å². The van der Waals surface area contributed by atoms with Crippen LogP contribution in [0.2, 0.25) is 0 Å². The molecule has 0 amide bonds. The summed E-state index contributed by atoms with van der Waals surface area (Å²) in [4.78, 5) is 41.2. The Kier molecular flexibility index (Phi) is 4.67. The molecule has 0 atom stereocenters. The monoisotopic (exact) mass is 393 g/mol. The highest BCUT2D eigenvalue weighted by Gasteiger charge is 2.21. The normalized spacial score (nSPS) is 11.1. The lowest BCUT2D eigenvalue weighted by atomic mass is 10.2. The first kappa shape index (κ1) is 18.5. The van der Waals surface area contributed by atoms with Gasteiger partial charge in [-0.2, -0.15) is 0 Å². The number of nitrogens with zero attached hydrogens (tertiary/aromatic N) is 2. The summed E-state index contributed by atoms with van der Waals surface area (Å²) >= 11 is 0. The van der Waals surface area contributed by atoms with Crippen LogP contribution in [0, 0.1) is 0 Å². The molecule has 29 heavy (non-hydrogen) atoms. The predicted molar refractivity (Wildman–Crippen MR) is 108 cm³/mol. The van der Waals surface area contributed by atoms with Crippen LogP contribution in [0.5, 0.6) is 5.75 Å². The van der Waals surface area contributed by atoms with Crippen LogP contribution in [0.3, 0.4) is 0 Å². The number of benzene rings is 2. The number of esters is 1. The molecule has 4 rings (SSSR count). The first-order valence-electron chi connectivity index (χ1n) is 9.24. The van der Waals surface area contributed by atoms with Crippen molar-refractivity contribution in [2.24, 2.45) is 0 Å². The van der Waals surface area contributed by atoms with Crippen LogP contribution in [0.15, 0.2) is 58.3 Å². The number of nitrogens with one attached hydrogen (secondary N) is 1. The predicted octanol–water partition coefficient (Wildman–Crippen LogP) is 2.48. The summed E-state index contributed by atoms with van der Waals surface area (Å²) in [5.74, 6) is 0.158. The van der Waals surface area contributed by atoms with E-state index in [0.29, 0.717) is 34.6 Å². The molecule has 2 heterocycles. The van der Waals surface area contributed by atoms with Crippen LogP contribution in [0.4, 0.5) is 0 Å². The largest absolute Gasteiger partial charge is 0.494 e. The van der Waals surface area contributed by atoms with E-state index in [-0.39, 0.29) is 12.3 Å². The molecule has 0 spiro atoms. The Morgan fingerprint density at radius 1 is 1.00 bits per heavy atom. The van der Waals surface area contributed by atoms with Crippen LogP contribution < -0.4 is 16.0 Å². The SMILES string of the molecule is CCOC(=O)c1ccc2[nH]cc3c(=O)n(-c4ccc(OCC)cc4)c(=O)n-3c2c1. The van der Waals surface area contributed by atoms with Crippen molar-refractivity contribution < 1.29 is 14.3 Å². The maximum Gasteiger partial charge on any atom is 0.341 e. The van der Waals surface area contributed by atoms with E-state index in [1.165, 1.54) is 10.8 Å². The van der Waals surface area contributed by atoms with Gasteiger partial charge in [0.15, 0.2) is 0 Å². The third kappa shape index (κ3) is 3.08. The molecule has 0 fully saturated rings. The molecule has 2 aliphatic rings. The third-order valence-electron chi connectivity index (χ3n) is 4.57. The topological polar surface area (TPSA) is 95.3 Å². The molecule has 0 bridgehead atoms. The van der Waals surface area contributed by atoms with E-state index in [0.717, 1.165) is 4.57 Å². The lowest BCUT2D eigenvalue weighted by molar-refractivity contribution is 0.0526. The van der Waals surface area contributed by atoms with Gasteiger partial charge in [0, 0.05) is 6.20 Å². The second kappa shape index (κ2) is 7.31. The minimum atomic E-state index is -0.519. The summed E-state index contributed by atoms with van der Waals surface area (Å²) in [5, 5.41) is 0. The lowest BCUT2D eigenvalue weighted by Gasteiger charge is -2.08. The standard InChI is InChI=1S/C21H19N3O5/c1-3-28-15-8-6-14(7-9-15)23-19(25)18-12-22-16-10-5-13(20(26)29-4-2)11-17(16)24(18)21(23)27/h5-12,22H,3-4H2,1-2H3. The van der Waals surface area contributed by atoms with Gasteiger partial charge in [0.2, 0.25) is 0 Å². The number of carbonyl (C=O) groups is 1. The van der Waals surface area contributed by atoms with Gasteiger partial charge in [0.25, 0.3) is 5.56 Å². The van der Waals surface area contributed by atoms with Crippen LogP contribution >= 0.6 is 0 Å². The van der Waals surface area contributed by atoms with Gasteiger partial charge in [-0.3, -0.25) is 9.36 Å². The molecule has 2 aliphatic heterocycles. The highest BCUT2D eigenvalue weighted by atomic mass is 16.5. The number of aromatic amines is 1. The molecule has 8 nitrogen and oxygen atoms in total. The number of imidazole rings is 1. The fourth-order valence-electron chi connectivity index (χ4n) is 3.27. The molecule has 0 unspecified atom stereocenters. The zero-order valence-corrected chi connectivity index (χ0v) is 16.0. The number of H-pyrrole nitrogens is 1. The minimum absolute atomic E-state index is 0.178. The van der Waals surface area contributed by atoms with Crippen molar-refractivity contribution >= 4 is 17.0 Å². The van der Waals surface area contributed by atoms with Gasteiger partial charge in [-0.15, -0.1) is 0 Å². The Morgan fingerprint density at radius 3 is 2.45 bits per heavy atom. The molecule has 148 valence electrons. The Morgan fingerprint density at radius 2 is 1.76 bits per heavy atom. The number of hydrogen-bond donors (Lipinski definition) is 1. The van der Waals surface area contributed by atoms with Gasteiger partial charge >= 0.3 is 11.7 Å². The number of hydrogen-bond acceptors (Lipinski definition) is 5. The van der Waals surface area contributed by atoms with Gasteiger partial charge in [-0.05, 0) is 56.3 Å². The maximum absolute atomic E-state index is 13.1. The van der Waals surface area contributed by atoms with Gasteiger partial charge < -0.3 is 14.5 Å². The van der Waals surface area contributed by atoms with Crippen molar-refractivity contribution in [3.8, 4) is 17.1 Å². The molecular formula is C21H19N3O5. The Hall–Kier alpha value is -3.81. The van der Waals surface area contributed by atoms with Gasteiger partial charge in [0.05, 0.1) is 35.5 Å². The van der Waals surface area contributed by atoms with Gasteiger partial charge in [-0.1, -0.05) is 0 Å². The van der Waals surface area contributed by atoms with Crippen molar-refractivity contribution in [2.75, 3.05) is 13.2 Å². The summed E-state index contributed by atoms with van der Waals surface area (Å²) < 4.78 is 12.8. The molecule has 0 saturated heterocycles. The van der Waals surface area contributed by atoms with E-state index < -0.39 is 17.2 Å². The van der Waals surface area contributed by atoms with E-state index in [1.54, 1.807) is 49.4 Å². The van der Waals surface area contributed by atoms with Crippen LogP contribution in [0.1, 0.15) is 24.2 Å². The zero-order valence-electron chi connectivity index (χ0n) is 16.0. The Bertz CT molecular complexity index is 1280. The van der Waals surface area contributed by atoms with E-state index in [4.69, 9.17) is 9.47 Å². The fourth-order valence-corrected chi connectivity index (χ4v) is 3.27. The number of fused-ring (bicyclic) bond motifs is 3. The van der Waals surface area contributed by atoms with Crippen molar-refractivity contribution in [1.29, 1.82) is 0 Å². The van der Waals surface area contributed by atoms with E-state index >= 15 is 0 Å². The first-order valence-corrected chi connectivity index (χ1v) is 9.24. The third-order valence-corrected chi connectivity index (χ3v) is 4.57. The van der Waals surface area contributed by atoms with Crippen LogP contribution in [-0.2, 0) is 4.74 Å². The van der Waals surface area contributed by atoms with Crippen molar-refractivity contribution in [3.63, 3.8) is 0 Å². The molecular weight excluding hydrogens is 374 g/mol. The summed E-state index contributed by atoms with van der Waals surface area (Å²) in [7, 11) is 0. The Labute approximate surface area is 165 Å². The minimum Gasteiger partial charge on any atom is -0.494 e. The summed E-state index contributed by atoms with van der Waals surface area (Å²) in [5.41, 5.74) is 0.956. The molecule has 8 heteroatoms. The maximum atomic E-state index is 13.1. The second-order valence-corrected chi connectivity index (χ2v) is 6.31. The fraction of sp³-hybridized carbons (Fsp3) is 0.190. The Balaban J connectivity index is 1.93. The smallest absolute Gasteiger partial charge is 0.341 e. The molecule has 1 N–H and O–H groups in total. The lowest BCUT2D eigenvalue weighted by Crippen LogP contribution is -2.25. The molecule has 2 aromatic rings.